The summed E-state index contributed by atoms with van der Waals surface area (Å²) in [5.74, 6) is 0. The lowest BCUT2D eigenvalue weighted by Crippen LogP contribution is -2.28. The third kappa shape index (κ3) is 3.56. The molecule has 21 heavy (non-hydrogen) atoms. The van der Waals surface area contributed by atoms with Gasteiger partial charge in [-0.1, -0.05) is 29.3 Å². The van der Waals surface area contributed by atoms with Gasteiger partial charge in [-0.15, -0.1) is 0 Å². The number of H-pyrrole nitrogens is 1. The molecule has 1 aromatic heterocycles. The Morgan fingerprint density at radius 2 is 2.14 bits per heavy atom. The van der Waals surface area contributed by atoms with Crippen LogP contribution in [-0.2, 0) is 16.6 Å². The lowest BCUT2D eigenvalue weighted by molar-refractivity contribution is 0.561. The van der Waals surface area contributed by atoms with E-state index in [0.29, 0.717) is 21.2 Å². The first-order valence-corrected chi connectivity index (χ1v) is 8.28. The van der Waals surface area contributed by atoms with Crippen LogP contribution in [0, 0.1) is 0 Å². The van der Waals surface area contributed by atoms with E-state index in [-0.39, 0.29) is 11.6 Å². The first-order chi connectivity index (χ1) is 9.85. The van der Waals surface area contributed by atoms with Crippen LogP contribution in [0.2, 0.25) is 10.0 Å². The molecule has 2 aromatic rings. The maximum absolute atomic E-state index is 12.3. The van der Waals surface area contributed by atoms with Crippen LogP contribution in [0.1, 0.15) is 24.1 Å². The van der Waals surface area contributed by atoms with Crippen LogP contribution >= 0.6 is 23.2 Å². The molecule has 9 heteroatoms. The summed E-state index contributed by atoms with van der Waals surface area (Å²) in [6.07, 6.45) is 1.38. The number of rotatable bonds is 5. The van der Waals surface area contributed by atoms with Gasteiger partial charge in [-0.3, -0.25) is 5.10 Å². The lowest BCUT2D eigenvalue weighted by atomic mass is 10.1. The van der Waals surface area contributed by atoms with Crippen LogP contribution < -0.4 is 10.5 Å². The summed E-state index contributed by atoms with van der Waals surface area (Å²) in [5.41, 5.74) is 6.52. The van der Waals surface area contributed by atoms with Gasteiger partial charge in [0.2, 0.25) is 0 Å². The van der Waals surface area contributed by atoms with Crippen molar-refractivity contribution in [1.29, 1.82) is 0 Å². The van der Waals surface area contributed by atoms with Gasteiger partial charge in [0.15, 0.2) is 5.03 Å². The maximum Gasteiger partial charge on any atom is 0.258 e. The van der Waals surface area contributed by atoms with Crippen LogP contribution in [0.3, 0.4) is 0 Å². The first kappa shape index (κ1) is 16.3. The molecule has 2 rings (SSSR count). The molecule has 0 saturated heterocycles. The maximum atomic E-state index is 12.3. The predicted molar refractivity (Wildman–Crippen MR) is 81.7 cm³/mol. The van der Waals surface area contributed by atoms with E-state index in [1.165, 1.54) is 6.20 Å². The Hall–Kier alpha value is -1.12. The van der Waals surface area contributed by atoms with Crippen LogP contribution in [0.4, 0.5) is 0 Å². The monoisotopic (exact) mass is 348 g/mol. The molecule has 0 aliphatic carbocycles. The first-order valence-electron chi connectivity index (χ1n) is 6.04. The van der Waals surface area contributed by atoms with E-state index in [0.717, 1.165) is 0 Å². The molecule has 0 radical (unpaired) electrons. The molecule has 1 heterocycles. The second kappa shape index (κ2) is 6.33. The molecular weight excluding hydrogens is 335 g/mol. The molecule has 0 spiro atoms. The highest BCUT2D eigenvalue weighted by atomic mass is 35.5. The topological polar surface area (TPSA) is 101 Å². The van der Waals surface area contributed by atoms with Gasteiger partial charge in [-0.05, 0) is 24.6 Å². The number of aromatic nitrogens is 2. The summed E-state index contributed by atoms with van der Waals surface area (Å²) < 4.78 is 27.2. The number of nitrogens with two attached hydrogens (primary N) is 1. The van der Waals surface area contributed by atoms with E-state index >= 15 is 0 Å². The fraction of sp³-hybridized carbons (Fsp3) is 0.250. The van der Waals surface area contributed by atoms with Gasteiger partial charge in [-0.2, -0.15) is 5.10 Å². The van der Waals surface area contributed by atoms with Gasteiger partial charge in [0.1, 0.15) is 0 Å². The van der Waals surface area contributed by atoms with E-state index in [4.69, 9.17) is 28.9 Å². The Morgan fingerprint density at radius 1 is 1.43 bits per heavy atom. The molecule has 0 fully saturated rings. The van der Waals surface area contributed by atoms with E-state index in [2.05, 4.69) is 14.9 Å². The predicted octanol–water partition coefficient (Wildman–Crippen LogP) is 2.21. The number of sulfonamides is 1. The molecule has 0 aliphatic rings. The van der Waals surface area contributed by atoms with E-state index in [1.807, 2.05) is 0 Å². The second-order valence-corrected chi connectivity index (χ2v) is 6.93. The number of aromatic amines is 1. The number of nitrogens with zero attached hydrogens (tertiary/aromatic N) is 1. The Balaban J connectivity index is 2.28. The molecule has 0 amide bonds. The van der Waals surface area contributed by atoms with Crippen molar-refractivity contribution in [3.8, 4) is 0 Å². The number of hydrogen-bond acceptors (Lipinski definition) is 4. The standard InChI is InChI=1S/C12H14Cl2N4O2S/c1-7(10-3-2-9(13)4-11(10)14)18-21(19,20)12-8(5-15)6-16-17-12/h2-4,6-7,18H,5,15H2,1H3,(H,16,17). The third-order valence-electron chi connectivity index (χ3n) is 2.93. The Morgan fingerprint density at radius 3 is 2.76 bits per heavy atom. The molecule has 1 unspecified atom stereocenters. The molecule has 6 nitrogen and oxygen atoms in total. The summed E-state index contributed by atoms with van der Waals surface area (Å²) in [4.78, 5) is 0. The largest absolute Gasteiger partial charge is 0.326 e. The quantitative estimate of drug-likeness (QED) is 0.770. The van der Waals surface area contributed by atoms with E-state index in [9.17, 15) is 8.42 Å². The van der Waals surface area contributed by atoms with Gasteiger partial charge < -0.3 is 5.73 Å². The fourth-order valence-electron chi connectivity index (χ4n) is 1.89. The lowest BCUT2D eigenvalue weighted by Gasteiger charge is -2.16. The minimum atomic E-state index is -3.77. The van der Waals surface area contributed by atoms with Crippen molar-refractivity contribution in [3.05, 3.63) is 45.6 Å². The average Bonchev–Trinajstić information content (AvgIpc) is 2.86. The van der Waals surface area contributed by atoms with E-state index in [1.54, 1.807) is 25.1 Å². The zero-order valence-corrected chi connectivity index (χ0v) is 13.4. The Bertz CT molecular complexity index is 745. The average molecular weight is 349 g/mol. The number of halogens is 2. The zero-order valence-electron chi connectivity index (χ0n) is 11.1. The second-order valence-electron chi connectivity index (χ2n) is 4.44. The van der Waals surface area contributed by atoms with Gasteiger partial charge in [-0.25, -0.2) is 13.1 Å². The third-order valence-corrected chi connectivity index (χ3v) is 5.04. The highest BCUT2D eigenvalue weighted by Gasteiger charge is 2.23. The van der Waals surface area contributed by atoms with Crippen molar-refractivity contribution < 1.29 is 8.42 Å². The van der Waals surface area contributed by atoms with Crippen molar-refractivity contribution in [2.75, 3.05) is 0 Å². The zero-order chi connectivity index (χ0) is 15.6. The van der Waals surface area contributed by atoms with Gasteiger partial charge in [0.25, 0.3) is 10.0 Å². The normalized spacial score (nSPS) is 13.3. The van der Waals surface area contributed by atoms with Crippen molar-refractivity contribution in [2.24, 2.45) is 5.73 Å². The summed E-state index contributed by atoms with van der Waals surface area (Å²) in [5, 5.41) is 6.98. The molecule has 1 atom stereocenters. The van der Waals surface area contributed by atoms with Crippen molar-refractivity contribution in [3.63, 3.8) is 0 Å². The molecule has 1 aromatic carbocycles. The van der Waals surface area contributed by atoms with Crippen LogP contribution in [0.25, 0.3) is 0 Å². The summed E-state index contributed by atoms with van der Waals surface area (Å²) in [6, 6.07) is 4.35. The van der Waals surface area contributed by atoms with Crippen LogP contribution in [0.15, 0.2) is 29.4 Å². The summed E-state index contributed by atoms with van der Waals surface area (Å²) in [6.45, 7) is 1.76. The fourth-order valence-corrected chi connectivity index (χ4v) is 3.82. The summed E-state index contributed by atoms with van der Waals surface area (Å²) >= 11 is 11.9. The Kier molecular flexibility index (Phi) is 4.90. The van der Waals surface area contributed by atoms with Crippen molar-refractivity contribution in [2.45, 2.75) is 24.5 Å². The molecule has 114 valence electrons. The molecule has 0 saturated carbocycles. The molecule has 0 aliphatic heterocycles. The summed E-state index contributed by atoms with van der Waals surface area (Å²) in [7, 11) is -3.77. The van der Waals surface area contributed by atoms with Crippen molar-refractivity contribution >= 4 is 33.2 Å². The van der Waals surface area contributed by atoms with Gasteiger partial charge in [0.05, 0.1) is 6.20 Å². The van der Waals surface area contributed by atoms with Gasteiger partial charge in [0, 0.05) is 28.2 Å². The SMILES string of the molecule is CC(NS(=O)(=O)c1[nH]ncc1CN)c1ccc(Cl)cc1Cl. The minimum Gasteiger partial charge on any atom is -0.326 e. The van der Waals surface area contributed by atoms with Gasteiger partial charge >= 0.3 is 0 Å². The smallest absolute Gasteiger partial charge is 0.258 e. The molecular formula is C12H14Cl2N4O2S. The number of benzene rings is 1. The van der Waals surface area contributed by atoms with Crippen molar-refractivity contribution in [1.82, 2.24) is 14.9 Å². The number of nitrogens with one attached hydrogen (secondary N) is 2. The Labute approximate surface area is 132 Å². The van der Waals surface area contributed by atoms with E-state index < -0.39 is 16.1 Å². The minimum absolute atomic E-state index is 0.0399. The number of hydrogen-bond donors (Lipinski definition) is 3. The van der Waals surface area contributed by atoms with Crippen LogP contribution in [-0.4, -0.2) is 18.6 Å². The highest BCUT2D eigenvalue weighted by Crippen LogP contribution is 2.27. The molecule has 0 bridgehead atoms. The molecule has 4 N–H and O–H groups in total. The van der Waals surface area contributed by atoms with Crippen LogP contribution in [0.5, 0.6) is 0 Å². The highest BCUT2D eigenvalue weighted by molar-refractivity contribution is 7.89.